The molecular weight excluding hydrogens is 709 g/mol. The molecule has 0 atom stereocenters. The first-order chi connectivity index (χ1) is 28.3. The molecule has 0 spiro atoms. The van der Waals surface area contributed by atoms with Gasteiger partial charge < -0.3 is 9.47 Å². The number of benzene rings is 9. The van der Waals surface area contributed by atoms with Crippen molar-refractivity contribution >= 4 is 70.4 Å². The Hall–Kier alpha value is -7.20. The zero-order chi connectivity index (χ0) is 37.7. The lowest BCUT2D eigenvalue weighted by atomic mass is 9.91. The lowest BCUT2D eigenvalue weighted by molar-refractivity contribution is 1.18. The van der Waals surface area contributed by atoms with E-state index in [0.717, 1.165) is 28.3 Å². The summed E-state index contributed by atoms with van der Waals surface area (Å²) in [4.78, 5) is 2.49. The second-order valence-corrected chi connectivity index (χ2v) is 15.6. The van der Waals surface area contributed by atoms with E-state index in [1.165, 1.54) is 69.8 Å². The minimum Gasteiger partial charge on any atom is -0.309 e. The highest BCUT2D eigenvalue weighted by Gasteiger charge is 2.24. The van der Waals surface area contributed by atoms with Gasteiger partial charge in [-0.15, -0.1) is 11.3 Å². The Labute approximate surface area is 335 Å². The third-order valence-electron chi connectivity index (χ3n) is 11.2. The largest absolute Gasteiger partial charge is 0.309 e. The summed E-state index contributed by atoms with van der Waals surface area (Å²) in [5.41, 5.74) is 13.9. The molecule has 0 saturated carbocycles. The predicted octanol–water partition coefficient (Wildman–Crippen LogP) is 15.6. The van der Waals surface area contributed by atoms with E-state index in [2.05, 4.69) is 228 Å². The third-order valence-corrected chi connectivity index (χ3v) is 12.3. The molecule has 0 saturated heterocycles. The highest BCUT2D eigenvalue weighted by molar-refractivity contribution is 7.25. The lowest BCUT2D eigenvalue weighted by Crippen LogP contribution is -2.13. The number of thiophene rings is 1. The van der Waals surface area contributed by atoms with Crippen LogP contribution in [-0.2, 0) is 0 Å². The van der Waals surface area contributed by atoms with Crippen molar-refractivity contribution in [3.05, 3.63) is 218 Å². The van der Waals surface area contributed by atoms with E-state index in [0.29, 0.717) is 0 Å². The van der Waals surface area contributed by atoms with Crippen LogP contribution < -0.4 is 4.90 Å². The standard InChI is InChI=1S/C54H36N2S/c1-4-17-37(18-5-1)43-26-16-29-50(54(43)38-19-6-2-7-20-38)56(41-32-33-45-44-24-11-14-28-49(44)55(51(45)36-41)40-21-8-3-9-22-40)48-27-13-10-23-42(48)39-31-34-53-47(35-39)46-25-12-15-30-52(46)57-53/h1-36H. The fourth-order valence-corrected chi connectivity index (χ4v) is 9.75. The molecule has 2 heterocycles. The van der Waals surface area contributed by atoms with Crippen LogP contribution in [0.3, 0.4) is 0 Å². The summed E-state index contributed by atoms with van der Waals surface area (Å²) < 4.78 is 5.02. The van der Waals surface area contributed by atoms with Crippen LogP contribution in [0.15, 0.2) is 218 Å². The Morgan fingerprint density at radius 1 is 0.351 bits per heavy atom. The summed E-state index contributed by atoms with van der Waals surface area (Å²) in [7, 11) is 0. The van der Waals surface area contributed by atoms with E-state index in [1.807, 2.05) is 11.3 Å². The first-order valence-electron chi connectivity index (χ1n) is 19.4. The molecule has 0 aliphatic carbocycles. The van der Waals surface area contributed by atoms with Crippen LogP contribution in [0.1, 0.15) is 0 Å². The van der Waals surface area contributed by atoms with E-state index < -0.39 is 0 Å². The molecule has 268 valence electrons. The first kappa shape index (κ1) is 33.2. The van der Waals surface area contributed by atoms with Crippen molar-refractivity contribution in [2.24, 2.45) is 0 Å². The number of hydrogen-bond acceptors (Lipinski definition) is 2. The predicted molar refractivity (Wildman–Crippen MR) is 245 cm³/mol. The monoisotopic (exact) mass is 744 g/mol. The summed E-state index contributed by atoms with van der Waals surface area (Å²) in [6.45, 7) is 0. The topological polar surface area (TPSA) is 8.17 Å². The van der Waals surface area contributed by atoms with Gasteiger partial charge >= 0.3 is 0 Å². The van der Waals surface area contributed by atoms with Gasteiger partial charge in [-0.2, -0.15) is 0 Å². The second-order valence-electron chi connectivity index (χ2n) is 14.5. The fraction of sp³-hybridized carbons (Fsp3) is 0. The summed E-state index contributed by atoms with van der Waals surface area (Å²) in [6, 6.07) is 79.5. The zero-order valence-corrected chi connectivity index (χ0v) is 31.9. The molecular formula is C54H36N2S. The van der Waals surface area contributed by atoms with Crippen molar-refractivity contribution in [2.75, 3.05) is 4.90 Å². The van der Waals surface area contributed by atoms with Gasteiger partial charge in [0.15, 0.2) is 0 Å². The number of aromatic nitrogens is 1. The van der Waals surface area contributed by atoms with Crippen LogP contribution in [-0.4, -0.2) is 4.57 Å². The van der Waals surface area contributed by atoms with E-state index in [9.17, 15) is 0 Å². The zero-order valence-electron chi connectivity index (χ0n) is 31.1. The maximum atomic E-state index is 2.49. The molecule has 0 radical (unpaired) electrons. The number of hydrogen-bond donors (Lipinski definition) is 0. The average molecular weight is 745 g/mol. The number of fused-ring (bicyclic) bond motifs is 6. The summed E-state index contributed by atoms with van der Waals surface area (Å²) in [5, 5.41) is 5.05. The minimum atomic E-state index is 1.08. The highest BCUT2D eigenvalue weighted by atomic mass is 32.1. The Morgan fingerprint density at radius 2 is 0.965 bits per heavy atom. The van der Waals surface area contributed by atoms with Gasteiger partial charge in [-0.25, -0.2) is 0 Å². The number of para-hydroxylation sites is 3. The molecule has 0 fully saturated rings. The Morgan fingerprint density at radius 3 is 1.79 bits per heavy atom. The van der Waals surface area contributed by atoms with Gasteiger partial charge in [-0.1, -0.05) is 158 Å². The van der Waals surface area contributed by atoms with E-state index >= 15 is 0 Å². The SMILES string of the molecule is c1ccc(-c2cccc(N(c3ccc4c5ccccc5n(-c5ccccc5)c4c3)c3ccccc3-c3ccc4sc5ccccc5c4c3)c2-c2ccccc2)cc1. The van der Waals surface area contributed by atoms with Gasteiger partial charge in [0, 0.05) is 53.4 Å². The maximum Gasteiger partial charge on any atom is 0.0561 e. The summed E-state index contributed by atoms with van der Waals surface area (Å²) >= 11 is 1.86. The van der Waals surface area contributed by atoms with Crippen LogP contribution in [0.5, 0.6) is 0 Å². The smallest absolute Gasteiger partial charge is 0.0561 e. The molecule has 0 unspecified atom stereocenters. The molecule has 0 N–H and O–H groups in total. The van der Waals surface area contributed by atoms with Crippen molar-refractivity contribution in [1.82, 2.24) is 4.57 Å². The average Bonchev–Trinajstić information content (AvgIpc) is 3.82. The number of anilines is 3. The van der Waals surface area contributed by atoms with Gasteiger partial charge in [0.05, 0.1) is 22.4 Å². The molecule has 0 aliphatic rings. The van der Waals surface area contributed by atoms with Gasteiger partial charge in [0.25, 0.3) is 0 Å². The van der Waals surface area contributed by atoms with Gasteiger partial charge in [-0.3, -0.25) is 0 Å². The molecule has 0 bridgehead atoms. The van der Waals surface area contributed by atoms with Gasteiger partial charge in [0.2, 0.25) is 0 Å². The Kier molecular flexibility index (Phi) is 8.04. The van der Waals surface area contributed by atoms with E-state index in [-0.39, 0.29) is 0 Å². The molecule has 11 aromatic rings. The molecule has 2 aromatic heterocycles. The van der Waals surface area contributed by atoms with Crippen molar-refractivity contribution in [3.8, 4) is 39.1 Å². The van der Waals surface area contributed by atoms with Crippen LogP contribution >= 0.6 is 11.3 Å². The van der Waals surface area contributed by atoms with Gasteiger partial charge in [0.1, 0.15) is 0 Å². The van der Waals surface area contributed by atoms with Crippen molar-refractivity contribution in [1.29, 1.82) is 0 Å². The van der Waals surface area contributed by atoms with E-state index in [1.54, 1.807) is 0 Å². The van der Waals surface area contributed by atoms with Crippen molar-refractivity contribution in [2.45, 2.75) is 0 Å². The molecule has 9 aromatic carbocycles. The van der Waals surface area contributed by atoms with Crippen molar-refractivity contribution < 1.29 is 0 Å². The number of rotatable bonds is 7. The quantitative estimate of drug-likeness (QED) is 0.158. The molecule has 11 rings (SSSR count). The lowest BCUT2D eigenvalue weighted by Gasteiger charge is -2.31. The molecule has 2 nitrogen and oxygen atoms in total. The van der Waals surface area contributed by atoms with Crippen LogP contribution in [0.2, 0.25) is 0 Å². The second kappa shape index (κ2) is 13.8. The minimum absolute atomic E-state index is 1.08. The summed E-state index contributed by atoms with van der Waals surface area (Å²) in [5.74, 6) is 0. The van der Waals surface area contributed by atoms with Crippen molar-refractivity contribution in [3.63, 3.8) is 0 Å². The maximum absolute atomic E-state index is 2.49. The highest BCUT2D eigenvalue weighted by Crippen LogP contribution is 2.49. The van der Waals surface area contributed by atoms with Gasteiger partial charge in [-0.05, 0) is 82.9 Å². The summed E-state index contributed by atoms with van der Waals surface area (Å²) in [6.07, 6.45) is 0. The molecule has 0 amide bonds. The first-order valence-corrected chi connectivity index (χ1v) is 20.3. The van der Waals surface area contributed by atoms with Crippen LogP contribution in [0.25, 0.3) is 81.0 Å². The van der Waals surface area contributed by atoms with Crippen LogP contribution in [0, 0.1) is 0 Å². The number of nitrogens with zero attached hydrogens (tertiary/aromatic N) is 2. The fourth-order valence-electron chi connectivity index (χ4n) is 8.66. The molecule has 57 heavy (non-hydrogen) atoms. The Balaban J connectivity index is 1.22. The molecule has 3 heteroatoms. The van der Waals surface area contributed by atoms with E-state index in [4.69, 9.17) is 0 Å². The van der Waals surface area contributed by atoms with Crippen LogP contribution in [0.4, 0.5) is 17.1 Å². The normalized spacial score (nSPS) is 11.5. The third kappa shape index (κ3) is 5.63. The Bertz CT molecular complexity index is 3230. The molecule has 0 aliphatic heterocycles.